The van der Waals surface area contributed by atoms with Crippen LogP contribution in [0.4, 0.5) is 10.5 Å². The Morgan fingerprint density at radius 1 is 1.04 bits per heavy atom. The lowest BCUT2D eigenvalue weighted by Crippen LogP contribution is -2.30. The Labute approximate surface area is 140 Å². The second-order valence-corrected chi connectivity index (χ2v) is 5.35. The summed E-state index contributed by atoms with van der Waals surface area (Å²) in [6, 6.07) is 13.2. The molecule has 0 saturated carbocycles. The maximum atomic E-state index is 12.0. The highest BCUT2D eigenvalue weighted by Crippen LogP contribution is 2.28. The Morgan fingerprint density at radius 3 is 2.38 bits per heavy atom. The van der Waals surface area contributed by atoms with Crippen LogP contribution in [0.2, 0.25) is 0 Å². The molecular weight excluding hydrogens is 308 g/mol. The second kappa shape index (κ2) is 6.62. The summed E-state index contributed by atoms with van der Waals surface area (Å²) in [6.07, 6.45) is 0. The van der Waals surface area contributed by atoms with E-state index in [2.05, 4.69) is 5.32 Å². The van der Waals surface area contributed by atoms with Crippen LogP contribution in [0.5, 0.6) is 17.2 Å². The molecule has 1 aliphatic rings. The van der Waals surface area contributed by atoms with Gasteiger partial charge in [0, 0.05) is 6.07 Å². The molecule has 1 fully saturated rings. The molecule has 1 N–H and O–H groups in total. The number of ether oxygens (including phenoxy) is 2. The fourth-order valence-corrected chi connectivity index (χ4v) is 2.44. The summed E-state index contributed by atoms with van der Waals surface area (Å²) in [5.74, 6) is 1.72. The molecule has 1 aliphatic heterocycles. The van der Waals surface area contributed by atoms with Crippen LogP contribution in [-0.4, -0.2) is 24.6 Å². The summed E-state index contributed by atoms with van der Waals surface area (Å²) in [6.45, 7) is 4.16. The molecule has 0 radical (unpaired) electrons. The van der Waals surface area contributed by atoms with E-state index < -0.39 is 12.1 Å². The van der Waals surface area contributed by atoms with E-state index in [1.54, 1.807) is 37.3 Å². The summed E-state index contributed by atoms with van der Waals surface area (Å²) in [5, 5.41) is 2.58. The first kappa shape index (κ1) is 15.9. The Morgan fingerprint density at radius 2 is 1.75 bits per heavy atom. The molecule has 6 nitrogen and oxygen atoms in total. The molecule has 1 saturated heterocycles. The quantitative estimate of drug-likeness (QED) is 0.856. The van der Waals surface area contributed by atoms with Gasteiger partial charge in [0.15, 0.2) is 0 Å². The zero-order chi connectivity index (χ0) is 17.1. The second-order valence-electron chi connectivity index (χ2n) is 5.35. The number of imide groups is 1. The number of nitrogens with one attached hydrogen (secondary N) is 1. The van der Waals surface area contributed by atoms with Crippen molar-refractivity contribution in [2.45, 2.75) is 19.9 Å². The maximum Gasteiger partial charge on any atom is 0.329 e. The molecule has 0 aromatic heterocycles. The number of anilines is 1. The van der Waals surface area contributed by atoms with Gasteiger partial charge in [0.25, 0.3) is 5.91 Å². The molecule has 0 aliphatic carbocycles. The zero-order valence-electron chi connectivity index (χ0n) is 13.5. The highest BCUT2D eigenvalue weighted by Gasteiger charge is 2.36. The third-order valence-electron chi connectivity index (χ3n) is 3.58. The minimum atomic E-state index is -0.505. The van der Waals surface area contributed by atoms with Crippen molar-refractivity contribution in [1.29, 1.82) is 0 Å². The van der Waals surface area contributed by atoms with Crippen molar-refractivity contribution in [2.24, 2.45) is 0 Å². The van der Waals surface area contributed by atoms with Gasteiger partial charge in [-0.15, -0.1) is 0 Å². The predicted octanol–water partition coefficient (Wildman–Crippen LogP) is 3.32. The van der Waals surface area contributed by atoms with Crippen molar-refractivity contribution in [3.8, 4) is 17.2 Å². The molecule has 124 valence electrons. The smallest absolute Gasteiger partial charge is 0.329 e. The summed E-state index contributed by atoms with van der Waals surface area (Å²) in [4.78, 5) is 24.9. The summed E-state index contributed by atoms with van der Waals surface area (Å²) in [7, 11) is 0. The van der Waals surface area contributed by atoms with E-state index in [0.717, 1.165) is 10.6 Å². The van der Waals surface area contributed by atoms with E-state index in [0.29, 0.717) is 23.8 Å². The Balaban J connectivity index is 1.74. The highest BCUT2D eigenvalue weighted by molar-refractivity contribution is 6.21. The van der Waals surface area contributed by atoms with Crippen molar-refractivity contribution >= 4 is 17.6 Å². The summed E-state index contributed by atoms with van der Waals surface area (Å²) in [5.41, 5.74) is 0.511. The minimum Gasteiger partial charge on any atom is -0.494 e. The topological polar surface area (TPSA) is 67.9 Å². The largest absolute Gasteiger partial charge is 0.494 e. The van der Waals surface area contributed by atoms with Crippen molar-refractivity contribution < 1.29 is 19.1 Å². The number of hydrogen-bond acceptors (Lipinski definition) is 4. The van der Waals surface area contributed by atoms with Gasteiger partial charge in [0.05, 0.1) is 12.3 Å². The number of hydrogen-bond donors (Lipinski definition) is 1. The molecule has 24 heavy (non-hydrogen) atoms. The molecule has 2 aromatic carbocycles. The normalized spacial score (nSPS) is 16.9. The van der Waals surface area contributed by atoms with E-state index in [9.17, 15) is 9.59 Å². The monoisotopic (exact) mass is 326 g/mol. The number of amides is 3. The molecule has 0 spiro atoms. The van der Waals surface area contributed by atoms with Crippen molar-refractivity contribution in [1.82, 2.24) is 5.32 Å². The zero-order valence-corrected chi connectivity index (χ0v) is 13.5. The number of nitrogens with zero attached hydrogens (tertiary/aromatic N) is 1. The minimum absolute atomic E-state index is 0.266. The van der Waals surface area contributed by atoms with Crippen LogP contribution in [0.1, 0.15) is 13.8 Å². The summed E-state index contributed by atoms with van der Waals surface area (Å²) >= 11 is 0. The summed E-state index contributed by atoms with van der Waals surface area (Å²) < 4.78 is 11.2. The number of carbonyl (C=O) groups is 2. The molecule has 0 bridgehead atoms. The van der Waals surface area contributed by atoms with Gasteiger partial charge in [-0.25, -0.2) is 9.69 Å². The van der Waals surface area contributed by atoms with Gasteiger partial charge in [-0.1, -0.05) is 6.07 Å². The Bertz CT molecular complexity index is 758. The molecule has 0 unspecified atom stereocenters. The molecular formula is C18H18N2O4. The van der Waals surface area contributed by atoms with Crippen molar-refractivity contribution in [3.63, 3.8) is 0 Å². The first-order valence-corrected chi connectivity index (χ1v) is 7.73. The molecule has 1 atom stereocenters. The average molecular weight is 326 g/mol. The molecule has 1 heterocycles. The van der Waals surface area contributed by atoms with Crippen LogP contribution in [0.3, 0.4) is 0 Å². The van der Waals surface area contributed by atoms with Gasteiger partial charge in [0.1, 0.15) is 23.3 Å². The van der Waals surface area contributed by atoms with Crippen LogP contribution < -0.4 is 19.7 Å². The standard InChI is InChI=1S/C18H18N2O4/c1-3-23-15-5-4-6-16(11-15)24-14-9-7-13(8-10-14)20-17(21)12(2)19-18(20)22/h4-12H,3H2,1-2H3,(H,19,22)/t12-/m1/s1. The first-order chi connectivity index (χ1) is 11.6. The van der Waals surface area contributed by atoms with E-state index in [1.807, 2.05) is 25.1 Å². The fraction of sp³-hybridized carbons (Fsp3) is 0.222. The number of carbonyl (C=O) groups excluding carboxylic acids is 2. The van der Waals surface area contributed by atoms with Gasteiger partial charge < -0.3 is 14.8 Å². The van der Waals surface area contributed by atoms with E-state index >= 15 is 0 Å². The molecule has 3 amide bonds. The van der Waals surface area contributed by atoms with Crippen molar-refractivity contribution in [2.75, 3.05) is 11.5 Å². The number of urea groups is 1. The van der Waals surface area contributed by atoms with Gasteiger partial charge in [-0.2, -0.15) is 0 Å². The third kappa shape index (κ3) is 3.17. The lowest BCUT2D eigenvalue weighted by atomic mass is 10.2. The highest BCUT2D eigenvalue weighted by atomic mass is 16.5. The SMILES string of the molecule is CCOc1cccc(Oc2ccc(N3C(=O)N[C@H](C)C3=O)cc2)c1. The Hall–Kier alpha value is -3.02. The van der Waals surface area contributed by atoms with E-state index in [-0.39, 0.29) is 5.91 Å². The number of benzene rings is 2. The van der Waals surface area contributed by atoms with Gasteiger partial charge >= 0.3 is 6.03 Å². The van der Waals surface area contributed by atoms with E-state index in [4.69, 9.17) is 9.47 Å². The van der Waals surface area contributed by atoms with Crippen molar-refractivity contribution in [3.05, 3.63) is 48.5 Å². The van der Waals surface area contributed by atoms with Crippen LogP contribution >= 0.6 is 0 Å². The van der Waals surface area contributed by atoms with Crippen LogP contribution in [0.25, 0.3) is 0 Å². The van der Waals surface area contributed by atoms with Crippen LogP contribution in [0, 0.1) is 0 Å². The average Bonchev–Trinajstić information content (AvgIpc) is 2.82. The van der Waals surface area contributed by atoms with Crippen LogP contribution in [0.15, 0.2) is 48.5 Å². The Kier molecular flexibility index (Phi) is 4.37. The third-order valence-corrected chi connectivity index (χ3v) is 3.58. The maximum absolute atomic E-state index is 12.0. The molecule has 6 heteroatoms. The lowest BCUT2D eigenvalue weighted by molar-refractivity contribution is -0.117. The number of rotatable bonds is 5. The van der Waals surface area contributed by atoms with Gasteiger partial charge in [-0.3, -0.25) is 4.79 Å². The van der Waals surface area contributed by atoms with E-state index in [1.165, 1.54) is 0 Å². The predicted molar refractivity (Wildman–Crippen MR) is 89.6 cm³/mol. The van der Waals surface area contributed by atoms with Gasteiger partial charge in [0.2, 0.25) is 0 Å². The molecule has 3 rings (SSSR count). The first-order valence-electron chi connectivity index (χ1n) is 7.73. The van der Waals surface area contributed by atoms with Crippen LogP contribution in [-0.2, 0) is 4.79 Å². The lowest BCUT2D eigenvalue weighted by Gasteiger charge is -2.13. The fourth-order valence-electron chi connectivity index (χ4n) is 2.44. The van der Waals surface area contributed by atoms with Gasteiger partial charge in [-0.05, 0) is 50.2 Å². The molecule has 2 aromatic rings.